The second-order valence-corrected chi connectivity index (χ2v) is 7.08. The second-order valence-electron chi connectivity index (χ2n) is 6.67. The molecule has 0 aromatic heterocycles. The number of benzene rings is 2. The Hall–Kier alpha value is -2.86. The quantitative estimate of drug-likeness (QED) is 0.811. The van der Waals surface area contributed by atoms with E-state index in [0.717, 1.165) is 5.69 Å². The Morgan fingerprint density at radius 1 is 0.964 bits per heavy atom. The van der Waals surface area contributed by atoms with Crippen LogP contribution in [0.2, 0.25) is 5.02 Å². The molecular formula is C21H22ClN3O3. The van der Waals surface area contributed by atoms with Crippen molar-refractivity contribution in [3.63, 3.8) is 0 Å². The lowest BCUT2D eigenvalue weighted by molar-refractivity contribution is -0.133. The minimum Gasteiger partial charge on any atom is -0.343 e. The number of hydrogen-bond acceptors (Lipinski definition) is 3. The SMILES string of the molecule is O=C(NCC(=O)N1CCC(C(=O)Nc2ccccc2)CC1)c1ccccc1Cl. The summed E-state index contributed by atoms with van der Waals surface area (Å²) in [5.74, 6) is -0.689. The first-order chi connectivity index (χ1) is 13.5. The molecule has 3 rings (SSSR count). The maximum Gasteiger partial charge on any atom is 0.253 e. The molecule has 28 heavy (non-hydrogen) atoms. The molecule has 0 radical (unpaired) electrons. The number of anilines is 1. The fourth-order valence-electron chi connectivity index (χ4n) is 3.17. The van der Waals surface area contributed by atoms with Crippen molar-refractivity contribution in [2.24, 2.45) is 5.92 Å². The summed E-state index contributed by atoms with van der Waals surface area (Å²) in [4.78, 5) is 38.6. The molecule has 0 atom stereocenters. The molecule has 2 aromatic carbocycles. The molecule has 6 nitrogen and oxygen atoms in total. The van der Waals surface area contributed by atoms with E-state index in [0.29, 0.717) is 36.5 Å². The molecule has 0 spiro atoms. The van der Waals surface area contributed by atoms with Gasteiger partial charge in [0.15, 0.2) is 0 Å². The number of halogens is 1. The van der Waals surface area contributed by atoms with Gasteiger partial charge in [-0.05, 0) is 37.1 Å². The predicted octanol–water partition coefficient (Wildman–Crippen LogP) is 2.95. The average molecular weight is 400 g/mol. The molecule has 1 fully saturated rings. The van der Waals surface area contributed by atoms with Crippen molar-refractivity contribution in [3.05, 3.63) is 65.2 Å². The molecule has 2 aromatic rings. The third-order valence-corrected chi connectivity index (χ3v) is 5.11. The van der Waals surface area contributed by atoms with Crippen LogP contribution in [-0.2, 0) is 9.59 Å². The van der Waals surface area contributed by atoms with Crippen LogP contribution in [0.25, 0.3) is 0 Å². The number of rotatable bonds is 5. The number of nitrogens with one attached hydrogen (secondary N) is 2. The molecule has 146 valence electrons. The minimum atomic E-state index is -0.379. The fourth-order valence-corrected chi connectivity index (χ4v) is 3.39. The number of nitrogens with zero attached hydrogens (tertiary/aromatic N) is 1. The molecule has 3 amide bonds. The zero-order valence-corrected chi connectivity index (χ0v) is 16.1. The first kappa shape index (κ1) is 19.9. The number of carbonyl (C=O) groups is 3. The normalized spacial score (nSPS) is 14.4. The number of hydrogen-bond donors (Lipinski definition) is 2. The van der Waals surface area contributed by atoms with E-state index in [4.69, 9.17) is 11.6 Å². The molecular weight excluding hydrogens is 378 g/mol. The van der Waals surface area contributed by atoms with Crippen LogP contribution in [-0.4, -0.2) is 42.3 Å². The Morgan fingerprint density at radius 2 is 1.61 bits per heavy atom. The van der Waals surface area contributed by atoms with Gasteiger partial charge in [-0.2, -0.15) is 0 Å². The number of likely N-dealkylation sites (tertiary alicyclic amines) is 1. The number of amides is 3. The van der Waals surface area contributed by atoms with Crippen molar-refractivity contribution in [2.45, 2.75) is 12.8 Å². The van der Waals surface area contributed by atoms with Crippen molar-refractivity contribution < 1.29 is 14.4 Å². The summed E-state index contributed by atoms with van der Waals surface area (Å²) in [6, 6.07) is 16.0. The van der Waals surface area contributed by atoms with Gasteiger partial charge in [0.25, 0.3) is 5.91 Å². The number of para-hydroxylation sites is 1. The minimum absolute atomic E-state index is 0.0229. The van der Waals surface area contributed by atoms with Gasteiger partial charge in [0.1, 0.15) is 0 Å². The molecule has 1 heterocycles. The summed E-state index contributed by atoms with van der Waals surface area (Å²) >= 11 is 5.99. The maximum atomic E-state index is 12.4. The lowest BCUT2D eigenvalue weighted by Gasteiger charge is -2.31. The lowest BCUT2D eigenvalue weighted by Crippen LogP contribution is -2.45. The molecule has 1 aliphatic heterocycles. The van der Waals surface area contributed by atoms with Gasteiger partial charge in [0.05, 0.1) is 17.1 Å². The van der Waals surface area contributed by atoms with E-state index in [2.05, 4.69) is 10.6 Å². The van der Waals surface area contributed by atoms with Gasteiger partial charge in [0.2, 0.25) is 11.8 Å². The summed E-state index contributed by atoms with van der Waals surface area (Å²) in [5, 5.41) is 5.86. The van der Waals surface area contributed by atoms with E-state index in [1.165, 1.54) is 0 Å². The predicted molar refractivity (Wildman–Crippen MR) is 108 cm³/mol. The smallest absolute Gasteiger partial charge is 0.253 e. The van der Waals surface area contributed by atoms with Gasteiger partial charge in [-0.1, -0.05) is 41.9 Å². The van der Waals surface area contributed by atoms with Gasteiger partial charge in [0, 0.05) is 24.7 Å². The van der Waals surface area contributed by atoms with Crippen LogP contribution in [0.1, 0.15) is 23.2 Å². The van der Waals surface area contributed by atoms with Gasteiger partial charge < -0.3 is 15.5 Å². The Morgan fingerprint density at radius 3 is 2.29 bits per heavy atom. The van der Waals surface area contributed by atoms with E-state index in [9.17, 15) is 14.4 Å². The van der Waals surface area contributed by atoms with E-state index in [1.807, 2.05) is 30.3 Å². The van der Waals surface area contributed by atoms with Crippen LogP contribution < -0.4 is 10.6 Å². The van der Waals surface area contributed by atoms with Crippen molar-refractivity contribution in [3.8, 4) is 0 Å². The highest BCUT2D eigenvalue weighted by Gasteiger charge is 2.27. The van der Waals surface area contributed by atoms with Crippen LogP contribution in [0, 0.1) is 5.92 Å². The molecule has 2 N–H and O–H groups in total. The molecule has 1 saturated heterocycles. The highest BCUT2D eigenvalue weighted by Crippen LogP contribution is 2.20. The summed E-state index contributed by atoms with van der Waals surface area (Å²) in [6.07, 6.45) is 1.20. The first-order valence-corrected chi connectivity index (χ1v) is 9.59. The largest absolute Gasteiger partial charge is 0.343 e. The average Bonchev–Trinajstić information content (AvgIpc) is 2.73. The summed E-state index contributed by atoms with van der Waals surface area (Å²) < 4.78 is 0. The second kappa shape index (κ2) is 9.37. The van der Waals surface area contributed by atoms with Crippen LogP contribution in [0.15, 0.2) is 54.6 Å². The van der Waals surface area contributed by atoms with E-state index in [-0.39, 0.29) is 30.2 Å². The van der Waals surface area contributed by atoms with Crippen LogP contribution in [0.5, 0.6) is 0 Å². The highest BCUT2D eigenvalue weighted by molar-refractivity contribution is 6.33. The van der Waals surface area contributed by atoms with Gasteiger partial charge in [-0.3, -0.25) is 14.4 Å². The van der Waals surface area contributed by atoms with Crippen molar-refractivity contribution in [1.82, 2.24) is 10.2 Å². The Balaban J connectivity index is 1.44. The molecule has 0 saturated carbocycles. The van der Waals surface area contributed by atoms with E-state index < -0.39 is 0 Å². The summed E-state index contributed by atoms with van der Waals surface area (Å²) in [5.41, 5.74) is 1.11. The fraction of sp³-hybridized carbons (Fsp3) is 0.286. The van der Waals surface area contributed by atoms with Gasteiger partial charge in [-0.25, -0.2) is 0 Å². The van der Waals surface area contributed by atoms with Crippen LogP contribution >= 0.6 is 11.6 Å². The molecule has 1 aliphatic rings. The van der Waals surface area contributed by atoms with Crippen molar-refractivity contribution in [2.75, 3.05) is 25.0 Å². The summed E-state index contributed by atoms with van der Waals surface area (Å²) in [7, 11) is 0. The van der Waals surface area contributed by atoms with Crippen molar-refractivity contribution in [1.29, 1.82) is 0 Å². The van der Waals surface area contributed by atoms with Crippen LogP contribution in [0.3, 0.4) is 0 Å². The summed E-state index contributed by atoms with van der Waals surface area (Å²) in [6.45, 7) is 0.895. The van der Waals surface area contributed by atoms with E-state index >= 15 is 0 Å². The zero-order valence-electron chi connectivity index (χ0n) is 15.4. The molecule has 0 aliphatic carbocycles. The highest BCUT2D eigenvalue weighted by atomic mass is 35.5. The first-order valence-electron chi connectivity index (χ1n) is 9.21. The van der Waals surface area contributed by atoms with Crippen LogP contribution in [0.4, 0.5) is 5.69 Å². The number of carbonyl (C=O) groups excluding carboxylic acids is 3. The van der Waals surface area contributed by atoms with Gasteiger partial charge >= 0.3 is 0 Å². The topological polar surface area (TPSA) is 78.5 Å². The zero-order chi connectivity index (χ0) is 19.9. The number of piperidine rings is 1. The maximum absolute atomic E-state index is 12.4. The third-order valence-electron chi connectivity index (χ3n) is 4.78. The standard InChI is InChI=1S/C21H22ClN3O3/c22-18-9-5-4-8-17(18)21(28)23-14-19(26)25-12-10-15(11-13-25)20(27)24-16-6-2-1-3-7-16/h1-9,15H,10-14H2,(H,23,28)(H,24,27). The third kappa shape index (κ3) is 5.10. The van der Waals surface area contributed by atoms with E-state index in [1.54, 1.807) is 29.2 Å². The monoisotopic (exact) mass is 399 g/mol. The lowest BCUT2D eigenvalue weighted by atomic mass is 9.95. The molecule has 0 bridgehead atoms. The van der Waals surface area contributed by atoms with Crippen molar-refractivity contribution >= 4 is 35.0 Å². The Labute approximate surface area is 168 Å². The molecule has 0 unspecified atom stereocenters. The molecule has 7 heteroatoms. The Kier molecular flexibility index (Phi) is 6.66. The Bertz CT molecular complexity index is 849. The van der Waals surface area contributed by atoms with Gasteiger partial charge in [-0.15, -0.1) is 0 Å².